The van der Waals surface area contributed by atoms with Crippen molar-refractivity contribution in [3.63, 3.8) is 0 Å². The van der Waals surface area contributed by atoms with Gasteiger partial charge in [-0.2, -0.15) is 0 Å². The number of carboxylic acids is 1. The van der Waals surface area contributed by atoms with Crippen LogP contribution in [0.25, 0.3) is 0 Å². The number of carbonyl (C=O) groups excluding carboxylic acids is 1. The predicted molar refractivity (Wildman–Crippen MR) is 51.5 cm³/mol. The summed E-state index contributed by atoms with van der Waals surface area (Å²) in [5.74, 6) is -1.44. The van der Waals surface area contributed by atoms with Crippen LogP contribution in [0.1, 0.15) is 20.3 Å². The monoisotopic (exact) mass is 203 g/mol. The van der Waals surface area contributed by atoms with Crippen LogP contribution < -0.4 is 16.8 Å². The van der Waals surface area contributed by atoms with Crippen LogP contribution in [0.2, 0.25) is 0 Å². The lowest BCUT2D eigenvalue weighted by Crippen LogP contribution is -2.45. The van der Waals surface area contributed by atoms with E-state index >= 15 is 0 Å². The van der Waals surface area contributed by atoms with E-state index in [1.165, 1.54) is 0 Å². The van der Waals surface area contributed by atoms with Gasteiger partial charge in [-0.1, -0.05) is 0 Å². The van der Waals surface area contributed by atoms with Crippen LogP contribution in [0.3, 0.4) is 0 Å². The molecule has 0 radical (unpaired) electrons. The van der Waals surface area contributed by atoms with Crippen molar-refractivity contribution in [2.45, 2.75) is 31.8 Å². The fraction of sp³-hybridized carbons (Fsp3) is 0.750. The van der Waals surface area contributed by atoms with E-state index in [1.54, 1.807) is 13.8 Å². The molecule has 6 N–H and O–H groups in total. The van der Waals surface area contributed by atoms with Crippen molar-refractivity contribution in [2.75, 3.05) is 6.54 Å². The largest absolute Gasteiger partial charge is 0.480 e. The molecule has 0 saturated carbocycles. The van der Waals surface area contributed by atoms with E-state index in [9.17, 15) is 9.59 Å². The first-order valence-electron chi connectivity index (χ1n) is 4.26. The quantitative estimate of drug-likeness (QED) is 0.440. The van der Waals surface area contributed by atoms with Gasteiger partial charge in [-0.3, -0.25) is 9.59 Å². The highest BCUT2D eigenvalue weighted by atomic mass is 16.4. The molecule has 0 unspecified atom stereocenters. The van der Waals surface area contributed by atoms with E-state index in [-0.39, 0.29) is 18.9 Å². The zero-order chi connectivity index (χ0) is 11.4. The van der Waals surface area contributed by atoms with Crippen molar-refractivity contribution in [2.24, 2.45) is 11.5 Å². The summed E-state index contributed by atoms with van der Waals surface area (Å²) in [5, 5.41) is 10.8. The summed E-state index contributed by atoms with van der Waals surface area (Å²) in [4.78, 5) is 21.4. The van der Waals surface area contributed by atoms with Crippen LogP contribution in [-0.4, -0.2) is 35.1 Å². The molecule has 0 rings (SSSR count). The number of amides is 1. The molecule has 0 aromatic rings. The van der Waals surface area contributed by atoms with Gasteiger partial charge in [0.15, 0.2) is 0 Å². The maximum absolute atomic E-state index is 11.1. The van der Waals surface area contributed by atoms with Crippen LogP contribution in [-0.2, 0) is 9.59 Å². The Labute approximate surface area is 82.6 Å². The number of nitrogens with one attached hydrogen (secondary N) is 1. The van der Waals surface area contributed by atoms with Crippen molar-refractivity contribution in [3.8, 4) is 0 Å². The first kappa shape index (κ1) is 12.9. The van der Waals surface area contributed by atoms with E-state index in [0.29, 0.717) is 0 Å². The molecule has 0 fully saturated rings. The van der Waals surface area contributed by atoms with Crippen molar-refractivity contribution >= 4 is 11.9 Å². The second kappa shape index (κ2) is 4.92. The van der Waals surface area contributed by atoms with Crippen molar-refractivity contribution in [3.05, 3.63) is 0 Å². The molecule has 6 nitrogen and oxygen atoms in total. The van der Waals surface area contributed by atoms with Gasteiger partial charge < -0.3 is 21.9 Å². The molecule has 0 aliphatic rings. The van der Waals surface area contributed by atoms with Crippen LogP contribution in [0, 0.1) is 0 Å². The Kier molecular flexibility index (Phi) is 4.52. The molecule has 0 spiro atoms. The van der Waals surface area contributed by atoms with E-state index < -0.39 is 17.6 Å². The summed E-state index contributed by atoms with van der Waals surface area (Å²) in [6, 6.07) is -1.07. The minimum atomic E-state index is -1.14. The van der Waals surface area contributed by atoms with Crippen LogP contribution in [0.5, 0.6) is 0 Å². The molecule has 0 aromatic carbocycles. The molecule has 0 aromatic heterocycles. The van der Waals surface area contributed by atoms with Gasteiger partial charge in [-0.15, -0.1) is 0 Å². The summed E-state index contributed by atoms with van der Waals surface area (Å²) >= 11 is 0. The molecular formula is C8H17N3O3. The van der Waals surface area contributed by atoms with Gasteiger partial charge in [0.25, 0.3) is 0 Å². The minimum Gasteiger partial charge on any atom is -0.480 e. The van der Waals surface area contributed by atoms with E-state index in [0.717, 1.165) is 0 Å². The Morgan fingerprint density at radius 3 is 2.36 bits per heavy atom. The SMILES string of the molecule is CC(C)(N)CC(=O)NC[C@H](N)C(=O)O. The second-order valence-corrected chi connectivity index (χ2v) is 3.91. The Morgan fingerprint density at radius 1 is 1.50 bits per heavy atom. The molecule has 82 valence electrons. The summed E-state index contributed by atoms with van der Waals surface area (Å²) < 4.78 is 0. The average Bonchev–Trinajstić information content (AvgIpc) is 1.96. The van der Waals surface area contributed by atoms with Crippen molar-refractivity contribution in [1.82, 2.24) is 5.32 Å². The molecule has 0 saturated heterocycles. The number of nitrogens with two attached hydrogens (primary N) is 2. The van der Waals surface area contributed by atoms with E-state index in [2.05, 4.69) is 5.32 Å². The maximum atomic E-state index is 11.1. The number of carboxylic acid groups (broad SMARTS) is 1. The lowest BCUT2D eigenvalue weighted by molar-refractivity contribution is -0.138. The number of aliphatic carboxylic acids is 1. The zero-order valence-electron chi connectivity index (χ0n) is 8.41. The zero-order valence-corrected chi connectivity index (χ0v) is 8.41. The Hall–Kier alpha value is -1.14. The molecular weight excluding hydrogens is 186 g/mol. The number of hydrogen-bond donors (Lipinski definition) is 4. The predicted octanol–water partition coefficient (Wildman–Crippen LogP) is -1.36. The van der Waals surface area contributed by atoms with Crippen LogP contribution >= 0.6 is 0 Å². The van der Waals surface area contributed by atoms with Gasteiger partial charge >= 0.3 is 5.97 Å². The van der Waals surface area contributed by atoms with Crippen molar-refractivity contribution in [1.29, 1.82) is 0 Å². The maximum Gasteiger partial charge on any atom is 0.322 e. The fourth-order valence-corrected chi connectivity index (χ4v) is 0.787. The molecule has 0 bridgehead atoms. The summed E-state index contributed by atoms with van der Waals surface area (Å²) in [7, 11) is 0. The minimum absolute atomic E-state index is 0.0791. The van der Waals surface area contributed by atoms with Crippen LogP contribution in [0.4, 0.5) is 0 Å². The number of rotatable bonds is 5. The average molecular weight is 203 g/mol. The highest BCUT2D eigenvalue weighted by Gasteiger charge is 2.18. The van der Waals surface area contributed by atoms with Gasteiger partial charge in [0, 0.05) is 18.5 Å². The highest BCUT2D eigenvalue weighted by Crippen LogP contribution is 2.02. The lowest BCUT2D eigenvalue weighted by Gasteiger charge is -2.18. The molecule has 0 aliphatic carbocycles. The third-order valence-corrected chi connectivity index (χ3v) is 1.45. The first-order chi connectivity index (χ1) is 6.22. The second-order valence-electron chi connectivity index (χ2n) is 3.91. The number of carbonyl (C=O) groups is 2. The summed E-state index contributed by atoms with van der Waals surface area (Å²) in [5.41, 5.74) is 10.2. The van der Waals surface area contributed by atoms with Gasteiger partial charge in [0.2, 0.25) is 5.91 Å². The van der Waals surface area contributed by atoms with Crippen LogP contribution in [0.15, 0.2) is 0 Å². The Bertz CT molecular complexity index is 222. The first-order valence-corrected chi connectivity index (χ1v) is 4.26. The Morgan fingerprint density at radius 2 is 2.00 bits per heavy atom. The fourth-order valence-electron chi connectivity index (χ4n) is 0.787. The highest BCUT2D eigenvalue weighted by molar-refractivity contribution is 5.79. The lowest BCUT2D eigenvalue weighted by atomic mass is 10.0. The summed E-state index contributed by atoms with van der Waals surface area (Å²) in [6.45, 7) is 3.34. The van der Waals surface area contributed by atoms with Gasteiger partial charge in [-0.25, -0.2) is 0 Å². The van der Waals surface area contributed by atoms with Gasteiger partial charge in [0.1, 0.15) is 6.04 Å². The molecule has 0 aliphatic heterocycles. The third kappa shape index (κ3) is 6.38. The Balaban J connectivity index is 3.81. The summed E-state index contributed by atoms with van der Waals surface area (Å²) in [6.07, 6.45) is 0.138. The molecule has 0 heterocycles. The topological polar surface area (TPSA) is 118 Å². The normalized spacial score (nSPS) is 13.4. The van der Waals surface area contributed by atoms with Gasteiger partial charge in [0.05, 0.1) is 0 Å². The molecule has 1 amide bonds. The molecule has 6 heteroatoms. The third-order valence-electron chi connectivity index (χ3n) is 1.45. The number of hydrogen-bond acceptors (Lipinski definition) is 4. The molecule has 1 atom stereocenters. The van der Waals surface area contributed by atoms with Crippen molar-refractivity contribution < 1.29 is 14.7 Å². The molecule has 14 heavy (non-hydrogen) atoms. The standard InChI is InChI=1S/C8H17N3O3/c1-8(2,10)3-6(12)11-4-5(9)7(13)14/h5H,3-4,9-10H2,1-2H3,(H,11,12)(H,13,14)/t5-/m0/s1. The van der Waals surface area contributed by atoms with Gasteiger partial charge in [-0.05, 0) is 13.8 Å². The van der Waals surface area contributed by atoms with E-state index in [1.807, 2.05) is 0 Å². The smallest absolute Gasteiger partial charge is 0.322 e. The van der Waals surface area contributed by atoms with E-state index in [4.69, 9.17) is 16.6 Å².